The molecule has 1 heterocycles. The summed E-state index contributed by atoms with van der Waals surface area (Å²) in [6, 6.07) is 12.8. The molecule has 148 valence electrons. The molecule has 2 N–H and O–H groups in total. The van der Waals surface area contributed by atoms with Gasteiger partial charge in [0.2, 0.25) is 0 Å². The number of rotatable bonds is 5. The number of hydrogen-bond donors (Lipinski definition) is 2. The van der Waals surface area contributed by atoms with E-state index in [0.29, 0.717) is 13.1 Å². The molecule has 0 spiro atoms. The first kappa shape index (κ1) is 19.8. The molecule has 0 bridgehead atoms. The second kappa shape index (κ2) is 9.27. The molecule has 1 saturated heterocycles. The summed E-state index contributed by atoms with van der Waals surface area (Å²) in [5.41, 5.74) is 0.828. The number of amides is 2. The fourth-order valence-corrected chi connectivity index (χ4v) is 3.05. The van der Waals surface area contributed by atoms with E-state index in [4.69, 9.17) is 0 Å². The van der Waals surface area contributed by atoms with E-state index in [1.54, 1.807) is 0 Å². The molecule has 6 nitrogen and oxygen atoms in total. The largest absolute Gasteiger partial charge is 0.369 e. The van der Waals surface area contributed by atoms with Crippen LogP contribution in [0.15, 0.2) is 48.5 Å². The van der Waals surface area contributed by atoms with Crippen molar-refractivity contribution in [3.8, 4) is 0 Å². The molecule has 28 heavy (non-hydrogen) atoms. The number of para-hydroxylation sites is 1. The van der Waals surface area contributed by atoms with Crippen molar-refractivity contribution in [3.63, 3.8) is 0 Å². The van der Waals surface area contributed by atoms with Crippen LogP contribution in [0.4, 0.5) is 20.2 Å². The zero-order valence-electron chi connectivity index (χ0n) is 15.3. The lowest BCUT2D eigenvalue weighted by atomic mass is 10.2. The number of nitrogens with one attached hydrogen (secondary N) is 2. The zero-order valence-corrected chi connectivity index (χ0v) is 15.3. The Labute approximate surface area is 162 Å². The second-order valence-electron chi connectivity index (χ2n) is 6.50. The van der Waals surface area contributed by atoms with Crippen molar-refractivity contribution in [2.45, 2.75) is 0 Å². The molecule has 1 aliphatic rings. The van der Waals surface area contributed by atoms with Crippen LogP contribution in [0, 0.1) is 11.6 Å². The molecule has 0 unspecified atom stereocenters. The average molecular weight is 388 g/mol. The maximum absolute atomic E-state index is 13.5. The Morgan fingerprint density at radius 1 is 0.929 bits per heavy atom. The van der Waals surface area contributed by atoms with Gasteiger partial charge in [0.15, 0.2) is 0 Å². The lowest BCUT2D eigenvalue weighted by Gasteiger charge is -2.36. The molecule has 3 rings (SSSR count). The first-order valence-electron chi connectivity index (χ1n) is 9.09. The van der Waals surface area contributed by atoms with E-state index in [1.165, 1.54) is 5.69 Å². The van der Waals surface area contributed by atoms with Gasteiger partial charge in [0, 0.05) is 51.0 Å². The summed E-state index contributed by atoms with van der Waals surface area (Å²) in [5.74, 6) is -3.42. The molecule has 0 atom stereocenters. The van der Waals surface area contributed by atoms with Gasteiger partial charge < -0.3 is 15.5 Å². The maximum atomic E-state index is 13.5. The Hall–Kier alpha value is -3.00. The lowest BCUT2D eigenvalue weighted by Crippen LogP contribution is -2.49. The highest BCUT2D eigenvalue weighted by Gasteiger charge is 2.19. The Morgan fingerprint density at radius 2 is 1.64 bits per heavy atom. The van der Waals surface area contributed by atoms with Gasteiger partial charge >= 0.3 is 11.8 Å². The topological polar surface area (TPSA) is 64.7 Å². The van der Waals surface area contributed by atoms with Gasteiger partial charge in [-0.1, -0.05) is 18.2 Å². The van der Waals surface area contributed by atoms with Crippen molar-refractivity contribution in [1.29, 1.82) is 0 Å². The standard InChI is InChI=1S/C20H22F2N4O2/c21-15-6-7-17(22)18(14-15)24-20(28)19(27)23-8-9-25-10-12-26(13-11-25)16-4-2-1-3-5-16/h1-7,14H,8-13H2,(H,23,27)(H,24,28). The monoisotopic (exact) mass is 388 g/mol. The fourth-order valence-electron chi connectivity index (χ4n) is 3.05. The van der Waals surface area contributed by atoms with Crippen molar-refractivity contribution < 1.29 is 18.4 Å². The first-order valence-corrected chi connectivity index (χ1v) is 9.09. The fraction of sp³-hybridized carbons (Fsp3) is 0.300. The van der Waals surface area contributed by atoms with Crippen LogP contribution in [0.1, 0.15) is 0 Å². The Bertz CT molecular complexity index is 824. The molecule has 0 aromatic heterocycles. The highest BCUT2D eigenvalue weighted by atomic mass is 19.1. The average Bonchev–Trinajstić information content (AvgIpc) is 2.72. The van der Waals surface area contributed by atoms with Gasteiger partial charge in [-0.3, -0.25) is 14.5 Å². The van der Waals surface area contributed by atoms with Crippen LogP contribution in [0.2, 0.25) is 0 Å². The van der Waals surface area contributed by atoms with Gasteiger partial charge in [-0.05, 0) is 24.3 Å². The third kappa shape index (κ3) is 5.26. The SMILES string of the molecule is O=C(NCCN1CCN(c2ccccc2)CC1)C(=O)Nc1cc(F)ccc1F. The van der Waals surface area contributed by atoms with Crippen molar-refractivity contribution in [1.82, 2.24) is 10.2 Å². The van der Waals surface area contributed by atoms with Gasteiger partial charge in [0.05, 0.1) is 5.69 Å². The summed E-state index contributed by atoms with van der Waals surface area (Å²) in [6.07, 6.45) is 0. The number of piperazine rings is 1. The summed E-state index contributed by atoms with van der Waals surface area (Å²) < 4.78 is 26.6. The maximum Gasteiger partial charge on any atom is 0.313 e. The van der Waals surface area contributed by atoms with Crippen LogP contribution in [0.5, 0.6) is 0 Å². The zero-order chi connectivity index (χ0) is 19.9. The minimum absolute atomic E-state index is 0.295. The third-order valence-corrected chi connectivity index (χ3v) is 4.59. The quantitative estimate of drug-likeness (QED) is 0.768. The van der Waals surface area contributed by atoms with Crippen LogP contribution < -0.4 is 15.5 Å². The highest BCUT2D eigenvalue weighted by molar-refractivity contribution is 6.39. The number of carbonyl (C=O) groups excluding carboxylic acids is 2. The summed E-state index contributed by atoms with van der Waals surface area (Å²) in [4.78, 5) is 28.2. The van der Waals surface area contributed by atoms with Crippen LogP contribution >= 0.6 is 0 Å². The van der Waals surface area contributed by atoms with Gasteiger partial charge in [-0.2, -0.15) is 0 Å². The summed E-state index contributed by atoms with van der Waals surface area (Å²) in [6.45, 7) is 4.38. The van der Waals surface area contributed by atoms with E-state index in [1.807, 2.05) is 18.2 Å². The van der Waals surface area contributed by atoms with Crippen LogP contribution in [0.25, 0.3) is 0 Å². The smallest absolute Gasteiger partial charge is 0.313 e. The molecule has 2 aromatic carbocycles. The molecule has 1 aliphatic heterocycles. The number of carbonyl (C=O) groups is 2. The first-order chi connectivity index (χ1) is 13.5. The predicted octanol–water partition coefficient (Wildman–Crippen LogP) is 1.84. The Kier molecular flexibility index (Phi) is 6.54. The molecule has 2 amide bonds. The molecular weight excluding hydrogens is 366 g/mol. The van der Waals surface area contributed by atoms with Crippen LogP contribution in [0.3, 0.4) is 0 Å². The Morgan fingerprint density at radius 3 is 2.36 bits per heavy atom. The summed E-state index contributed by atoms with van der Waals surface area (Å²) in [7, 11) is 0. The molecule has 0 saturated carbocycles. The number of nitrogens with zero attached hydrogens (tertiary/aromatic N) is 2. The van der Waals surface area contributed by atoms with E-state index < -0.39 is 23.4 Å². The van der Waals surface area contributed by atoms with Gasteiger partial charge in [-0.25, -0.2) is 8.78 Å². The number of hydrogen-bond acceptors (Lipinski definition) is 4. The van der Waals surface area contributed by atoms with E-state index in [9.17, 15) is 18.4 Å². The van der Waals surface area contributed by atoms with Crippen molar-refractivity contribution in [2.75, 3.05) is 49.5 Å². The van der Waals surface area contributed by atoms with Crippen molar-refractivity contribution >= 4 is 23.2 Å². The minimum atomic E-state index is -1.03. The van der Waals surface area contributed by atoms with Crippen molar-refractivity contribution in [2.24, 2.45) is 0 Å². The molecular formula is C20H22F2N4O2. The van der Waals surface area contributed by atoms with Gasteiger partial charge in [-0.15, -0.1) is 0 Å². The summed E-state index contributed by atoms with van der Waals surface area (Å²) in [5, 5.41) is 4.58. The van der Waals surface area contributed by atoms with Crippen LogP contribution in [-0.4, -0.2) is 56.0 Å². The van der Waals surface area contributed by atoms with Gasteiger partial charge in [0.1, 0.15) is 11.6 Å². The van der Waals surface area contributed by atoms with E-state index in [-0.39, 0.29) is 5.69 Å². The van der Waals surface area contributed by atoms with Crippen molar-refractivity contribution in [3.05, 3.63) is 60.2 Å². The molecule has 8 heteroatoms. The number of halogens is 2. The Balaban J connectivity index is 1.38. The van der Waals surface area contributed by atoms with Gasteiger partial charge in [0.25, 0.3) is 0 Å². The number of anilines is 2. The van der Waals surface area contributed by atoms with E-state index >= 15 is 0 Å². The lowest BCUT2D eigenvalue weighted by molar-refractivity contribution is -0.136. The molecule has 2 aromatic rings. The van der Waals surface area contributed by atoms with E-state index in [0.717, 1.165) is 44.4 Å². The molecule has 0 aliphatic carbocycles. The molecule has 0 radical (unpaired) electrons. The minimum Gasteiger partial charge on any atom is -0.369 e. The highest BCUT2D eigenvalue weighted by Crippen LogP contribution is 2.16. The normalized spacial score (nSPS) is 14.6. The van der Waals surface area contributed by atoms with E-state index in [2.05, 4.69) is 32.6 Å². The second-order valence-corrected chi connectivity index (χ2v) is 6.50. The predicted molar refractivity (Wildman–Crippen MR) is 103 cm³/mol. The molecule has 1 fully saturated rings. The summed E-state index contributed by atoms with van der Waals surface area (Å²) >= 11 is 0. The van der Waals surface area contributed by atoms with Crippen LogP contribution in [-0.2, 0) is 9.59 Å². The third-order valence-electron chi connectivity index (χ3n) is 4.59. The number of benzene rings is 2.